The molecule has 1 aromatic rings. The van der Waals surface area contributed by atoms with Crippen LogP contribution in [-0.4, -0.2) is 23.1 Å². The summed E-state index contributed by atoms with van der Waals surface area (Å²) in [4.78, 5) is 8.73. The van der Waals surface area contributed by atoms with Gasteiger partial charge in [0.15, 0.2) is 5.69 Å². The van der Waals surface area contributed by atoms with Gasteiger partial charge in [-0.2, -0.15) is 13.2 Å². The van der Waals surface area contributed by atoms with Crippen LogP contribution in [0.15, 0.2) is 6.07 Å². The van der Waals surface area contributed by atoms with Gasteiger partial charge in [-0.05, 0) is 24.9 Å². The van der Waals surface area contributed by atoms with E-state index in [1.54, 1.807) is 4.90 Å². The van der Waals surface area contributed by atoms with Crippen molar-refractivity contribution in [3.8, 4) is 0 Å². The number of aromatic nitrogens is 2. The summed E-state index contributed by atoms with van der Waals surface area (Å²) >= 11 is 5.51. The van der Waals surface area contributed by atoms with Crippen LogP contribution >= 0.6 is 11.6 Å². The molecule has 3 nitrogen and oxygen atoms in total. The lowest BCUT2D eigenvalue weighted by atomic mass is 10.3. The Kier molecular flexibility index (Phi) is 4.56. The molecule has 1 heterocycles. The molecule has 0 atom stereocenters. The molecular formula is C10H13ClF3N3. The molecule has 0 radical (unpaired) electrons. The standard InChI is InChI=1S/C10H13ClF3N3/c1-3-5-17(4-2)8-6-7(10(12,13)14)15-9(11)16-8/h6H,3-5H2,1-2H3. The van der Waals surface area contributed by atoms with E-state index in [0.717, 1.165) is 12.5 Å². The summed E-state index contributed by atoms with van der Waals surface area (Å²) in [6, 6.07) is 0.922. The van der Waals surface area contributed by atoms with E-state index >= 15 is 0 Å². The first kappa shape index (κ1) is 14.0. The minimum absolute atomic E-state index is 0.210. The van der Waals surface area contributed by atoms with E-state index < -0.39 is 11.9 Å². The zero-order valence-electron chi connectivity index (χ0n) is 9.55. The number of nitrogens with zero attached hydrogens (tertiary/aromatic N) is 3. The van der Waals surface area contributed by atoms with Crippen LogP contribution in [0.5, 0.6) is 0 Å². The topological polar surface area (TPSA) is 29.0 Å². The van der Waals surface area contributed by atoms with Gasteiger partial charge in [0, 0.05) is 19.2 Å². The summed E-state index contributed by atoms with van der Waals surface area (Å²) in [5.41, 5.74) is -1.01. The molecule has 0 aliphatic rings. The van der Waals surface area contributed by atoms with Crippen LogP contribution in [0.3, 0.4) is 0 Å². The fourth-order valence-corrected chi connectivity index (χ4v) is 1.60. The highest BCUT2D eigenvalue weighted by Crippen LogP contribution is 2.30. The van der Waals surface area contributed by atoms with Crippen molar-refractivity contribution in [1.82, 2.24) is 9.97 Å². The molecule has 0 saturated heterocycles. The van der Waals surface area contributed by atoms with E-state index in [0.29, 0.717) is 13.1 Å². The number of hydrogen-bond acceptors (Lipinski definition) is 3. The molecule has 0 aliphatic carbocycles. The third kappa shape index (κ3) is 3.73. The van der Waals surface area contributed by atoms with Gasteiger partial charge in [0.25, 0.3) is 0 Å². The van der Waals surface area contributed by atoms with Crippen molar-refractivity contribution in [1.29, 1.82) is 0 Å². The molecule has 0 unspecified atom stereocenters. The first-order valence-electron chi connectivity index (χ1n) is 5.25. The average Bonchev–Trinajstić information content (AvgIpc) is 2.23. The minimum Gasteiger partial charge on any atom is -0.357 e. The van der Waals surface area contributed by atoms with E-state index in [2.05, 4.69) is 9.97 Å². The van der Waals surface area contributed by atoms with Crippen molar-refractivity contribution in [2.75, 3.05) is 18.0 Å². The van der Waals surface area contributed by atoms with Crippen molar-refractivity contribution >= 4 is 17.4 Å². The Morgan fingerprint density at radius 3 is 2.41 bits per heavy atom. The summed E-state index contributed by atoms with van der Waals surface area (Å²) in [7, 11) is 0. The third-order valence-electron chi connectivity index (χ3n) is 2.18. The van der Waals surface area contributed by atoms with Gasteiger partial charge in [0.1, 0.15) is 5.82 Å². The highest BCUT2D eigenvalue weighted by molar-refractivity contribution is 6.28. The predicted molar refractivity (Wildman–Crippen MR) is 60.2 cm³/mol. The molecule has 0 spiro atoms. The Bertz CT molecular complexity index is 382. The maximum atomic E-state index is 12.5. The average molecular weight is 268 g/mol. The number of alkyl halides is 3. The fourth-order valence-electron chi connectivity index (χ4n) is 1.42. The van der Waals surface area contributed by atoms with Gasteiger partial charge in [-0.25, -0.2) is 9.97 Å². The lowest BCUT2D eigenvalue weighted by Gasteiger charge is -2.21. The SMILES string of the molecule is CCCN(CC)c1cc(C(F)(F)F)nc(Cl)n1. The maximum Gasteiger partial charge on any atom is 0.433 e. The van der Waals surface area contributed by atoms with E-state index in [1.165, 1.54) is 0 Å². The Balaban J connectivity index is 3.12. The van der Waals surface area contributed by atoms with Gasteiger partial charge in [-0.15, -0.1) is 0 Å². The number of halogens is 4. The van der Waals surface area contributed by atoms with Gasteiger partial charge >= 0.3 is 6.18 Å². The Labute approximate surface area is 103 Å². The van der Waals surface area contributed by atoms with Crippen LogP contribution in [0.1, 0.15) is 26.0 Å². The van der Waals surface area contributed by atoms with Crippen LogP contribution in [0, 0.1) is 0 Å². The molecule has 96 valence electrons. The smallest absolute Gasteiger partial charge is 0.357 e. The molecule has 1 rings (SSSR count). The maximum absolute atomic E-state index is 12.5. The lowest BCUT2D eigenvalue weighted by Crippen LogP contribution is -2.25. The van der Waals surface area contributed by atoms with Gasteiger partial charge in [0.2, 0.25) is 5.28 Å². The first-order chi connectivity index (χ1) is 7.88. The molecule has 0 fully saturated rings. The summed E-state index contributed by atoms with van der Waals surface area (Å²) in [6.07, 6.45) is -3.69. The molecule has 0 bridgehead atoms. The summed E-state index contributed by atoms with van der Waals surface area (Å²) in [6.45, 7) is 4.98. The quantitative estimate of drug-likeness (QED) is 0.783. The highest BCUT2D eigenvalue weighted by Gasteiger charge is 2.34. The largest absolute Gasteiger partial charge is 0.433 e. The van der Waals surface area contributed by atoms with E-state index in [-0.39, 0.29) is 11.1 Å². The molecule has 17 heavy (non-hydrogen) atoms. The molecule has 7 heteroatoms. The molecule has 0 saturated carbocycles. The van der Waals surface area contributed by atoms with Crippen molar-refractivity contribution in [2.45, 2.75) is 26.4 Å². The second-order valence-electron chi connectivity index (χ2n) is 3.46. The van der Waals surface area contributed by atoms with Crippen LogP contribution in [-0.2, 0) is 6.18 Å². The second kappa shape index (κ2) is 5.53. The molecule has 0 aliphatic heterocycles. The van der Waals surface area contributed by atoms with Crippen LogP contribution in [0.4, 0.5) is 19.0 Å². The fraction of sp³-hybridized carbons (Fsp3) is 0.600. The Morgan fingerprint density at radius 2 is 1.94 bits per heavy atom. The molecule has 1 aromatic heterocycles. The van der Waals surface area contributed by atoms with Gasteiger partial charge < -0.3 is 4.90 Å². The third-order valence-corrected chi connectivity index (χ3v) is 2.34. The second-order valence-corrected chi connectivity index (χ2v) is 3.80. The summed E-state index contributed by atoms with van der Waals surface area (Å²) in [5, 5.41) is -0.385. The Morgan fingerprint density at radius 1 is 1.29 bits per heavy atom. The minimum atomic E-state index is -4.51. The van der Waals surface area contributed by atoms with Gasteiger partial charge in [-0.1, -0.05) is 6.92 Å². The number of rotatable bonds is 4. The predicted octanol–water partition coefficient (Wildman–Crippen LogP) is 3.39. The first-order valence-corrected chi connectivity index (χ1v) is 5.63. The number of hydrogen-bond donors (Lipinski definition) is 0. The van der Waals surface area contributed by atoms with Crippen LogP contribution in [0.25, 0.3) is 0 Å². The van der Waals surface area contributed by atoms with Crippen molar-refractivity contribution in [3.63, 3.8) is 0 Å². The molecule has 0 aromatic carbocycles. The van der Waals surface area contributed by atoms with E-state index in [1.807, 2.05) is 13.8 Å². The van der Waals surface area contributed by atoms with E-state index in [4.69, 9.17) is 11.6 Å². The summed E-state index contributed by atoms with van der Waals surface area (Å²) < 4.78 is 37.6. The molecule has 0 amide bonds. The van der Waals surface area contributed by atoms with Crippen molar-refractivity contribution in [3.05, 3.63) is 17.0 Å². The van der Waals surface area contributed by atoms with Gasteiger partial charge in [0.05, 0.1) is 0 Å². The van der Waals surface area contributed by atoms with Crippen LogP contribution in [0.2, 0.25) is 5.28 Å². The number of anilines is 1. The summed E-state index contributed by atoms with van der Waals surface area (Å²) in [5.74, 6) is 0.210. The van der Waals surface area contributed by atoms with E-state index in [9.17, 15) is 13.2 Å². The van der Waals surface area contributed by atoms with Crippen molar-refractivity contribution < 1.29 is 13.2 Å². The monoisotopic (exact) mass is 267 g/mol. The van der Waals surface area contributed by atoms with Crippen LogP contribution < -0.4 is 4.90 Å². The molecule has 0 N–H and O–H groups in total. The van der Waals surface area contributed by atoms with Gasteiger partial charge in [-0.3, -0.25) is 0 Å². The Hall–Kier alpha value is -1.04. The normalized spacial score (nSPS) is 11.6. The zero-order chi connectivity index (χ0) is 13.1. The molecular weight excluding hydrogens is 255 g/mol. The highest BCUT2D eigenvalue weighted by atomic mass is 35.5. The zero-order valence-corrected chi connectivity index (χ0v) is 10.3. The van der Waals surface area contributed by atoms with Crippen molar-refractivity contribution in [2.24, 2.45) is 0 Å². The lowest BCUT2D eigenvalue weighted by molar-refractivity contribution is -0.141.